The summed E-state index contributed by atoms with van der Waals surface area (Å²) in [6.07, 6.45) is 0.955. The maximum absolute atomic E-state index is 13.3. The van der Waals surface area contributed by atoms with E-state index in [9.17, 15) is 19.2 Å². The highest BCUT2D eigenvalue weighted by molar-refractivity contribution is 9.10. The summed E-state index contributed by atoms with van der Waals surface area (Å²) in [5, 5.41) is 9.35. The van der Waals surface area contributed by atoms with Gasteiger partial charge < -0.3 is 4.90 Å². The smallest absolute Gasteiger partial charge is 0.253 e. The molecule has 2 N–H and O–H groups in total. The number of amidine groups is 1. The third-order valence-electron chi connectivity index (χ3n) is 4.66. The Morgan fingerprint density at radius 3 is 2.43 bits per heavy atom. The summed E-state index contributed by atoms with van der Waals surface area (Å²) >= 11 is 3.06. The van der Waals surface area contributed by atoms with Crippen LogP contribution in [-0.4, -0.2) is 40.7 Å². The topological polar surface area (TPSA) is 82.0 Å². The molecule has 0 saturated carbocycles. The molecule has 0 atom stereocenters. The van der Waals surface area contributed by atoms with Gasteiger partial charge in [0.05, 0.1) is 10.2 Å². The number of rotatable bonds is 4. The van der Waals surface area contributed by atoms with Crippen LogP contribution in [0.5, 0.6) is 0 Å². The van der Waals surface area contributed by atoms with Crippen molar-refractivity contribution in [2.45, 2.75) is 12.8 Å². The highest BCUT2D eigenvalue weighted by Gasteiger charge is 2.30. The largest absolute Gasteiger partial charge is 0.339 e. The fourth-order valence-electron chi connectivity index (χ4n) is 3.12. The van der Waals surface area contributed by atoms with Crippen LogP contribution in [0.25, 0.3) is 0 Å². The number of hydrogen-bond donors (Lipinski definition) is 2. The molecule has 146 valence electrons. The number of likely N-dealkylation sites (tertiary alicyclic amines) is 1. The molecule has 0 aromatic heterocycles. The Hall–Kier alpha value is -2.58. The van der Waals surface area contributed by atoms with Crippen LogP contribution >= 0.6 is 15.9 Å². The van der Waals surface area contributed by atoms with Crippen LogP contribution in [0.2, 0.25) is 0 Å². The molecule has 0 aliphatic carbocycles. The molecular formula is C20H19BrFN3O3. The first kappa shape index (κ1) is 20.2. The fourth-order valence-corrected chi connectivity index (χ4v) is 3.49. The molecule has 0 unspecified atom stereocenters. The zero-order valence-corrected chi connectivity index (χ0v) is 16.5. The zero-order valence-electron chi connectivity index (χ0n) is 14.9. The van der Waals surface area contributed by atoms with Gasteiger partial charge in [-0.15, -0.1) is 0 Å². The first-order valence-corrected chi connectivity index (χ1v) is 9.61. The maximum Gasteiger partial charge on any atom is 0.253 e. The number of carbonyl (C=O) groups excluding carboxylic acids is 2. The van der Waals surface area contributed by atoms with Crippen molar-refractivity contribution in [2.24, 2.45) is 10.9 Å². The van der Waals surface area contributed by atoms with Crippen LogP contribution in [0.15, 0.2) is 58.0 Å². The minimum Gasteiger partial charge on any atom is -0.339 e. The van der Waals surface area contributed by atoms with Gasteiger partial charge in [0.15, 0.2) is 5.84 Å². The lowest BCUT2D eigenvalue weighted by Gasteiger charge is -2.31. The predicted octanol–water partition coefficient (Wildman–Crippen LogP) is 3.72. The van der Waals surface area contributed by atoms with E-state index in [4.69, 9.17) is 0 Å². The van der Waals surface area contributed by atoms with Crippen molar-refractivity contribution in [3.05, 3.63) is 64.4 Å². The number of aliphatic imine (C=N–C) groups is 1. The van der Waals surface area contributed by atoms with E-state index < -0.39 is 5.82 Å². The van der Waals surface area contributed by atoms with E-state index in [1.807, 2.05) is 23.7 Å². The highest BCUT2D eigenvalue weighted by Crippen LogP contribution is 2.24. The van der Waals surface area contributed by atoms with Crippen LogP contribution < -0.4 is 5.48 Å². The lowest BCUT2D eigenvalue weighted by Crippen LogP contribution is -2.43. The number of piperidine rings is 1. The van der Waals surface area contributed by atoms with Gasteiger partial charge in [-0.05, 0) is 59.1 Å². The van der Waals surface area contributed by atoms with E-state index in [1.54, 1.807) is 17.0 Å². The minimum absolute atomic E-state index is 0.0585. The molecule has 1 saturated heterocycles. The normalized spacial score (nSPS) is 15.4. The SMILES string of the molecule is O=C(C(=Nc1ccc(F)c(Br)c1)NO)C1CCN(C(=O)c2ccccc2)CC1. The number of halogens is 2. The molecule has 1 aliphatic heterocycles. The number of amides is 1. The van der Waals surface area contributed by atoms with Gasteiger partial charge in [0, 0.05) is 24.6 Å². The average molecular weight is 448 g/mol. The quantitative estimate of drug-likeness (QED) is 0.425. The molecular weight excluding hydrogens is 429 g/mol. The van der Waals surface area contributed by atoms with E-state index >= 15 is 0 Å². The van der Waals surface area contributed by atoms with Gasteiger partial charge in [-0.25, -0.2) is 14.9 Å². The van der Waals surface area contributed by atoms with Crippen LogP contribution in [0.3, 0.4) is 0 Å². The third kappa shape index (κ3) is 4.63. The number of carbonyl (C=O) groups is 2. The molecule has 8 heteroatoms. The van der Waals surface area contributed by atoms with Gasteiger partial charge >= 0.3 is 0 Å². The molecule has 2 aromatic rings. The Bertz CT molecular complexity index is 897. The molecule has 28 heavy (non-hydrogen) atoms. The highest BCUT2D eigenvalue weighted by atomic mass is 79.9. The number of nitrogens with one attached hydrogen (secondary N) is 1. The maximum atomic E-state index is 13.3. The molecule has 3 rings (SSSR count). The van der Waals surface area contributed by atoms with Gasteiger partial charge in [-0.1, -0.05) is 18.2 Å². The second-order valence-corrected chi connectivity index (χ2v) is 7.32. The second-order valence-electron chi connectivity index (χ2n) is 6.47. The molecule has 1 aliphatic rings. The summed E-state index contributed by atoms with van der Waals surface area (Å²) in [5.41, 5.74) is 2.80. The first-order chi connectivity index (χ1) is 13.5. The Labute approximate surface area is 170 Å². The van der Waals surface area contributed by atoms with Crippen LogP contribution in [-0.2, 0) is 4.79 Å². The summed E-state index contributed by atoms with van der Waals surface area (Å²) in [6, 6.07) is 13.1. The lowest BCUT2D eigenvalue weighted by molar-refractivity contribution is -0.118. The third-order valence-corrected chi connectivity index (χ3v) is 5.26. The first-order valence-electron chi connectivity index (χ1n) is 8.82. The van der Waals surface area contributed by atoms with Crippen molar-refractivity contribution >= 4 is 39.1 Å². The Balaban J connectivity index is 1.65. The standard InChI is InChI=1S/C20H19BrFN3O3/c21-16-12-15(6-7-17(16)22)23-19(24-28)18(26)13-8-10-25(11-9-13)20(27)14-4-2-1-3-5-14/h1-7,12-13,28H,8-11H2,(H,23,24). The zero-order chi connectivity index (χ0) is 20.1. The summed E-state index contributed by atoms with van der Waals surface area (Å²) in [5.74, 6) is -1.40. The molecule has 0 radical (unpaired) electrons. The van der Waals surface area contributed by atoms with Gasteiger partial charge in [0.25, 0.3) is 5.91 Å². The summed E-state index contributed by atoms with van der Waals surface area (Å²) in [4.78, 5) is 31.0. The van der Waals surface area contributed by atoms with Gasteiger partial charge in [0.2, 0.25) is 5.78 Å². The van der Waals surface area contributed by atoms with E-state index in [-0.39, 0.29) is 27.9 Å². The summed E-state index contributed by atoms with van der Waals surface area (Å²) in [7, 11) is 0. The predicted molar refractivity (Wildman–Crippen MR) is 106 cm³/mol. The molecule has 1 fully saturated rings. The number of Topliss-reactive ketones (excluding diaryl/α,β-unsaturated/α-hetero) is 1. The number of hydroxylamine groups is 1. The second kappa shape index (κ2) is 9.07. The van der Waals surface area contributed by atoms with E-state index in [0.29, 0.717) is 37.2 Å². The van der Waals surface area contributed by atoms with Crippen molar-refractivity contribution in [3.8, 4) is 0 Å². The minimum atomic E-state index is -0.445. The van der Waals surface area contributed by atoms with Crippen molar-refractivity contribution in [2.75, 3.05) is 13.1 Å². The van der Waals surface area contributed by atoms with Crippen molar-refractivity contribution in [1.29, 1.82) is 0 Å². The van der Waals surface area contributed by atoms with Crippen LogP contribution in [0, 0.1) is 11.7 Å². The number of benzene rings is 2. The van der Waals surface area contributed by atoms with E-state index in [1.165, 1.54) is 18.2 Å². The molecule has 0 spiro atoms. The molecule has 0 bridgehead atoms. The fraction of sp³-hybridized carbons (Fsp3) is 0.250. The monoisotopic (exact) mass is 447 g/mol. The van der Waals surface area contributed by atoms with Crippen molar-refractivity contribution < 1.29 is 19.2 Å². The Kier molecular flexibility index (Phi) is 6.53. The van der Waals surface area contributed by atoms with Gasteiger partial charge in [0.1, 0.15) is 5.82 Å². The van der Waals surface area contributed by atoms with Crippen molar-refractivity contribution in [1.82, 2.24) is 10.4 Å². The lowest BCUT2D eigenvalue weighted by atomic mass is 9.91. The molecule has 1 heterocycles. The summed E-state index contributed by atoms with van der Waals surface area (Å²) < 4.78 is 13.5. The van der Waals surface area contributed by atoms with Crippen LogP contribution in [0.1, 0.15) is 23.2 Å². The molecule has 1 amide bonds. The summed E-state index contributed by atoms with van der Waals surface area (Å²) in [6.45, 7) is 0.899. The number of hydrogen-bond acceptors (Lipinski definition) is 4. The van der Waals surface area contributed by atoms with E-state index in [2.05, 4.69) is 20.9 Å². The number of ketones is 1. The van der Waals surface area contributed by atoms with Crippen LogP contribution in [0.4, 0.5) is 10.1 Å². The number of nitrogens with zero attached hydrogens (tertiary/aromatic N) is 2. The van der Waals surface area contributed by atoms with Gasteiger partial charge in [-0.3, -0.25) is 14.8 Å². The average Bonchev–Trinajstić information content (AvgIpc) is 2.74. The van der Waals surface area contributed by atoms with Crippen molar-refractivity contribution in [3.63, 3.8) is 0 Å². The molecule has 2 aromatic carbocycles. The Morgan fingerprint density at radius 1 is 1.14 bits per heavy atom. The molecule has 6 nitrogen and oxygen atoms in total. The Morgan fingerprint density at radius 2 is 1.82 bits per heavy atom. The van der Waals surface area contributed by atoms with E-state index in [0.717, 1.165) is 0 Å². The van der Waals surface area contributed by atoms with Gasteiger partial charge in [-0.2, -0.15) is 0 Å².